The molecular weight excluding hydrogens is 412 g/mol. The molecule has 0 saturated carbocycles. The summed E-state index contributed by atoms with van der Waals surface area (Å²) >= 11 is 4.89. The SMILES string of the molecule is O=C1CN(C(=O)c2cccs2)[C@H](c2ccccc2)c2cc(Br)ccc2N1. The molecule has 26 heavy (non-hydrogen) atoms. The summed E-state index contributed by atoms with van der Waals surface area (Å²) in [7, 11) is 0. The first-order chi connectivity index (χ1) is 12.6. The predicted octanol–water partition coefficient (Wildman–Crippen LogP) is 4.69. The number of fused-ring (bicyclic) bond motifs is 1. The molecule has 2 amide bonds. The molecule has 0 saturated heterocycles. The Bertz CT molecular complexity index is 957. The summed E-state index contributed by atoms with van der Waals surface area (Å²) < 4.78 is 0.900. The van der Waals surface area contributed by atoms with Crippen molar-refractivity contribution in [3.05, 3.63) is 86.5 Å². The summed E-state index contributed by atoms with van der Waals surface area (Å²) in [6.07, 6.45) is 0. The average molecular weight is 427 g/mol. The maximum absolute atomic E-state index is 13.2. The second-order valence-corrected chi connectivity index (χ2v) is 7.87. The molecule has 2 aromatic carbocycles. The second kappa shape index (κ2) is 7.05. The van der Waals surface area contributed by atoms with Gasteiger partial charge in [0.1, 0.15) is 6.54 Å². The van der Waals surface area contributed by atoms with E-state index >= 15 is 0 Å². The zero-order valence-electron chi connectivity index (χ0n) is 13.7. The Morgan fingerprint density at radius 3 is 2.65 bits per heavy atom. The van der Waals surface area contributed by atoms with E-state index in [-0.39, 0.29) is 24.4 Å². The summed E-state index contributed by atoms with van der Waals surface area (Å²) in [6, 6.07) is 18.8. The molecule has 130 valence electrons. The summed E-state index contributed by atoms with van der Waals surface area (Å²) in [5.41, 5.74) is 2.59. The number of anilines is 1. The van der Waals surface area contributed by atoms with E-state index in [0.717, 1.165) is 21.3 Å². The van der Waals surface area contributed by atoms with Gasteiger partial charge in [-0.2, -0.15) is 0 Å². The number of benzene rings is 2. The predicted molar refractivity (Wildman–Crippen MR) is 106 cm³/mol. The van der Waals surface area contributed by atoms with E-state index in [1.807, 2.05) is 60.0 Å². The maximum atomic E-state index is 13.2. The van der Waals surface area contributed by atoms with Crippen molar-refractivity contribution in [3.8, 4) is 0 Å². The molecular formula is C20H15BrN2O2S. The van der Waals surface area contributed by atoms with Crippen LogP contribution < -0.4 is 5.32 Å². The van der Waals surface area contributed by atoms with Crippen LogP contribution >= 0.6 is 27.3 Å². The van der Waals surface area contributed by atoms with Crippen LogP contribution in [0.5, 0.6) is 0 Å². The van der Waals surface area contributed by atoms with Gasteiger partial charge in [-0.15, -0.1) is 11.3 Å². The largest absolute Gasteiger partial charge is 0.324 e. The lowest BCUT2D eigenvalue weighted by molar-refractivity contribution is -0.117. The van der Waals surface area contributed by atoms with Crippen molar-refractivity contribution in [2.45, 2.75) is 6.04 Å². The lowest BCUT2D eigenvalue weighted by atomic mass is 9.96. The van der Waals surface area contributed by atoms with Gasteiger partial charge in [0.2, 0.25) is 5.91 Å². The molecule has 0 unspecified atom stereocenters. The van der Waals surface area contributed by atoms with E-state index in [0.29, 0.717) is 4.88 Å². The Hall–Kier alpha value is -2.44. The standard InChI is InChI=1S/C20H15BrN2O2S/c21-14-8-9-16-15(11-14)19(13-5-2-1-3-6-13)23(12-18(24)22-16)20(25)17-7-4-10-26-17/h1-11,19H,12H2,(H,22,24)/t19-/m1/s1. The highest BCUT2D eigenvalue weighted by Gasteiger charge is 2.34. The van der Waals surface area contributed by atoms with E-state index < -0.39 is 0 Å². The third kappa shape index (κ3) is 3.18. The van der Waals surface area contributed by atoms with Gasteiger partial charge >= 0.3 is 0 Å². The highest BCUT2D eigenvalue weighted by atomic mass is 79.9. The van der Waals surface area contributed by atoms with E-state index in [4.69, 9.17) is 0 Å². The molecule has 6 heteroatoms. The number of nitrogens with one attached hydrogen (secondary N) is 1. The number of rotatable bonds is 2. The number of carbonyl (C=O) groups excluding carboxylic acids is 2. The summed E-state index contributed by atoms with van der Waals surface area (Å²) in [4.78, 5) is 27.9. The molecule has 0 bridgehead atoms. The molecule has 1 N–H and O–H groups in total. The fourth-order valence-corrected chi connectivity index (χ4v) is 4.26. The number of hydrogen-bond acceptors (Lipinski definition) is 3. The van der Waals surface area contributed by atoms with Crippen LogP contribution in [0.4, 0.5) is 5.69 Å². The van der Waals surface area contributed by atoms with Crippen molar-refractivity contribution in [2.24, 2.45) is 0 Å². The van der Waals surface area contributed by atoms with Gasteiger partial charge in [-0.1, -0.05) is 52.3 Å². The molecule has 3 aromatic rings. The summed E-state index contributed by atoms with van der Waals surface area (Å²) in [5, 5.41) is 4.80. The minimum absolute atomic E-state index is 0.00257. The van der Waals surface area contributed by atoms with Crippen LogP contribution in [0.1, 0.15) is 26.8 Å². The number of thiophene rings is 1. The lowest BCUT2D eigenvalue weighted by Gasteiger charge is -2.30. The van der Waals surface area contributed by atoms with Crippen LogP contribution in [0.25, 0.3) is 0 Å². The maximum Gasteiger partial charge on any atom is 0.265 e. The molecule has 0 spiro atoms. The van der Waals surface area contributed by atoms with Crippen molar-refractivity contribution < 1.29 is 9.59 Å². The third-order valence-electron chi connectivity index (χ3n) is 4.32. The van der Waals surface area contributed by atoms with Crippen LogP contribution in [0.2, 0.25) is 0 Å². The van der Waals surface area contributed by atoms with Crippen LogP contribution in [0.3, 0.4) is 0 Å². The van der Waals surface area contributed by atoms with E-state index in [2.05, 4.69) is 21.2 Å². The Labute approximate surface area is 163 Å². The van der Waals surface area contributed by atoms with Crippen LogP contribution in [0, 0.1) is 0 Å². The lowest BCUT2D eigenvalue weighted by Crippen LogP contribution is -2.38. The van der Waals surface area contributed by atoms with Gasteiger partial charge in [0.05, 0.1) is 10.9 Å². The molecule has 1 aliphatic rings. The molecule has 4 rings (SSSR count). The van der Waals surface area contributed by atoms with Gasteiger partial charge in [-0.25, -0.2) is 0 Å². The quantitative estimate of drug-likeness (QED) is 0.645. The molecule has 4 nitrogen and oxygen atoms in total. The molecule has 2 heterocycles. The highest BCUT2D eigenvalue weighted by molar-refractivity contribution is 9.10. The number of carbonyl (C=O) groups is 2. The normalized spacial score (nSPS) is 16.6. The van der Waals surface area contributed by atoms with E-state index in [1.165, 1.54) is 11.3 Å². The Kier molecular flexibility index (Phi) is 4.61. The van der Waals surface area contributed by atoms with Crippen molar-refractivity contribution in [2.75, 3.05) is 11.9 Å². The van der Waals surface area contributed by atoms with Crippen LogP contribution in [-0.4, -0.2) is 23.3 Å². The molecule has 0 aliphatic carbocycles. The van der Waals surface area contributed by atoms with Crippen LogP contribution in [0.15, 0.2) is 70.5 Å². The van der Waals surface area contributed by atoms with Crippen molar-refractivity contribution in [1.29, 1.82) is 0 Å². The smallest absolute Gasteiger partial charge is 0.265 e. The zero-order chi connectivity index (χ0) is 18.1. The Morgan fingerprint density at radius 2 is 1.92 bits per heavy atom. The van der Waals surface area contributed by atoms with Gasteiger partial charge in [0, 0.05) is 15.7 Å². The zero-order valence-corrected chi connectivity index (χ0v) is 16.1. The minimum Gasteiger partial charge on any atom is -0.324 e. The topological polar surface area (TPSA) is 49.4 Å². The molecule has 1 aromatic heterocycles. The first kappa shape index (κ1) is 17.0. The first-order valence-electron chi connectivity index (χ1n) is 8.12. The van der Waals surface area contributed by atoms with Gasteiger partial charge in [0.25, 0.3) is 5.91 Å². The van der Waals surface area contributed by atoms with Crippen LogP contribution in [-0.2, 0) is 4.79 Å². The monoisotopic (exact) mass is 426 g/mol. The number of hydrogen-bond donors (Lipinski definition) is 1. The molecule has 0 fully saturated rings. The summed E-state index contributed by atoms with van der Waals surface area (Å²) in [6.45, 7) is 0.00257. The minimum atomic E-state index is -0.350. The number of nitrogens with zero attached hydrogens (tertiary/aromatic N) is 1. The number of halogens is 1. The van der Waals surface area contributed by atoms with E-state index in [1.54, 1.807) is 11.0 Å². The van der Waals surface area contributed by atoms with Gasteiger partial charge < -0.3 is 10.2 Å². The Morgan fingerprint density at radius 1 is 1.12 bits per heavy atom. The van der Waals surface area contributed by atoms with Gasteiger partial charge in [0.15, 0.2) is 0 Å². The average Bonchev–Trinajstić information content (AvgIpc) is 3.13. The molecule has 1 aliphatic heterocycles. The van der Waals surface area contributed by atoms with Crippen molar-refractivity contribution >= 4 is 44.8 Å². The fourth-order valence-electron chi connectivity index (χ4n) is 3.20. The summed E-state index contributed by atoms with van der Waals surface area (Å²) in [5.74, 6) is -0.339. The number of amides is 2. The molecule has 0 radical (unpaired) electrons. The molecule has 1 atom stereocenters. The van der Waals surface area contributed by atoms with Gasteiger partial charge in [-0.3, -0.25) is 9.59 Å². The Balaban J connectivity index is 1.90. The van der Waals surface area contributed by atoms with Gasteiger partial charge in [-0.05, 0) is 35.2 Å². The first-order valence-corrected chi connectivity index (χ1v) is 9.79. The van der Waals surface area contributed by atoms with Crippen molar-refractivity contribution in [3.63, 3.8) is 0 Å². The fraction of sp³-hybridized carbons (Fsp3) is 0.100. The third-order valence-corrected chi connectivity index (χ3v) is 5.67. The highest BCUT2D eigenvalue weighted by Crippen LogP contribution is 2.38. The van der Waals surface area contributed by atoms with Crippen molar-refractivity contribution in [1.82, 2.24) is 4.90 Å². The van der Waals surface area contributed by atoms with E-state index in [9.17, 15) is 9.59 Å². The second-order valence-electron chi connectivity index (χ2n) is 6.00.